The molecule has 0 unspecified atom stereocenters. The first-order chi connectivity index (χ1) is 10.9. The minimum atomic E-state index is -4.51. The van der Waals surface area contributed by atoms with Gasteiger partial charge in [0.15, 0.2) is 0 Å². The van der Waals surface area contributed by atoms with E-state index in [1.165, 1.54) is 18.2 Å². The summed E-state index contributed by atoms with van der Waals surface area (Å²) >= 11 is 0. The number of nitrogens with one attached hydrogen (secondary N) is 2. The molecule has 1 heterocycles. The number of benzene rings is 2. The molecule has 3 aromatic rings. The molecule has 0 aliphatic rings. The van der Waals surface area contributed by atoms with Crippen LogP contribution in [-0.2, 0) is 17.4 Å². The maximum absolute atomic E-state index is 12.9. The molecule has 0 aliphatic carbocycles. The zero-order valence-corrected chi connectivity index (χ0v) is 11.9. The molecule has 3 rings (SSSR count). The number of hydrogen-bond acceptors (Lipinski definition) is 1. The molecule has 0 fully saturated rings. The van der Waals surface area contributed by atoms with Gasteiger partial charge >= 0.3 is 6.18 Å². The summed E-state index contributed by atoms with van der Waals surface area (Å²) in [4.78, 5) is 15.1. The molecule has 0 spiro atoms. The van der Waals surface area contributed by atoms with Crippen molar-refractivity contribution in [2.24, 2.45) is 0 Å². The molecule has 23 heavy (non-hydrogen) atoms. The quantitative estimate of drug-likeness (QED) is 0.740. The van der Waals surface area contributed by atoms with E-state index in [4.69, 9.17) is 0 Å². The summed E-state index contributed by atoms with van der Waals surface area (Å²) in [6.45, 7) is 0. The van der Waals surface area contributed by atoms with Gasteiger partial charge in [-0.15, -0.1) is 0 Å². The van der Waals surface area contributed by atoms with Crippen LogP contribution in [0.25, 0.3) is 10.9 Å². The maximum atomic E-state index is 12.9. The van der Waals surface area contributed by atoms with E-state index in [0.29, 0.717) is 0 Å². The lowest BCUT2D eigenvalue weighted by molar-refractivity contribution is -0.137. The number of H-pyrrole nitrogens is 1. The van der Waals surface area contributed by atoms with Crippen molar-refractivity contribution in [3.05, 3.63) is 65.9 Å². The van der Waals surface area contributed by atoms with Crippen LogP contribution in [0.15, 0.2) is 54.7 Å². The third kappa shape index (κ3) is 3.36. The largest absolute Gasteiger partial charge is 0.418 e. The lowest BCUT2D eigenvalue weighted by Gasteiger charge is -2.13. The van der Waals surface area contributed by atoms with Crippen molar-refractivity contribution in [3.63, 3.8) is 0 Å². The molecule has 2 N–H and O–H groups in total. The lowest BCUT2D eigenvalue weighted by Crippen LogP contribution is -2.18. The highest BCUT2D eigenvalue weighted by molar-refractivity contribution is 5.93. The van der Waals surface area contributed by atoms with E-state index in [2.05, 4.69) is 10.3 Å². The first kappa shape index (κ1) is 15.1. The Kier molecular flexibility index (Phi) is 3.82. The number of anilines is 1. The van der Waals surface area contributed by atoms with Gasteiger partial charge in [-0.1, -0.05) is 24.3 Å². The van der Waals surface area contributed by atoms with E-state index < -0.39 is 17.6 Å². The van der Waals surface area contributed by atoms with Crippen LogP contribution in [0.3, 0.4) is 0 Å². The molecular weight excluding hydrogens is 305 g/mol. The summed E-state index contributed by atoms with van der Waals surface area (Å²) in [5.74, 6) is -0.493. The molecule has 0 atom stereocenters. The van der Waals surface area contributed by atoms with Crippen molar-refractivity contribution >= 4 is 22.5 Å². The van der Waals surface area contributed by atoms with Crippen molar-refractivity contribution in [3.8, 4) is 0 Å². The SMILES string of the molecule is O=C(Cc1ccc2cc[nH]c2c1)Nc1ccccc1C(F)(F)F. The predicted molar refractivity (Wildman–Crippen MR) is 82.1 cm³/mol. The molecule has 6 heteroatoms. The molecule has 0 saturated heterocycles. The number of halogens is 3. The van der Waals surface area contributed by atoms with Crippen LogP contribution in [-0.4, -0.2) is 10.9 Å². The average molecular weight is 318 g/mol. The molecule has 3 nitrogen and oxygen atoms in total. The monoisotopic (exact) mass is 318 g/mol. The average Bonchev–Trinajstić information content (AvgIpc) is 2.94. The highest BCUT2D eigenvalue weighted by Gasteiger charge is 2.33. The van der Waals surface area contributed by atoms with Gasteiger partial charge in [0.1, 0.15) is 0 Å². The van der Waals surface area contributed by atoms with E-state index in [9.17, 15) is 18.0 Å². The number of aromatic nitrogens is 1. The Bertz CT molecular complexity index is 852. The van der Waals surface area contributed by atoms with E-state index in [1.807, 2.05) is 18.2 Å². The van der Waals surface area contributed by atoms with Crippen LogP contribution < -0.4 is 5.32 Å². The van der Waals surface area contributed by atoms with Gasteiger partial charge in [0.25, 0.3) is 0 Å². The Balaban J connectivity index is 1.77. The fourth-order valence-electron chi connectivity index (χ4n) is 2.42. The zero-order chi connectivity index (χ0) is 16.4. The van der Waals surface area contributed by atoms with Gasteiger partial charge in [-0.25, -0.2) is 0 Å². The van der Waals surface area contributed by atoms with Gasteiger partial charge in [-0.2, -0.15) is 13.2 Å². The van der Waals surface area contributed by atoms with E-state index in [1.54, 1.807) is 12.3 Å². The summed E-state index contributed by atoms with van der Waals surface area (Å²) < 4.78 is 38.7. The van der Waals surface area contributed by atoms with E-state index in [-0.39, 0.29) is 12.1 Å². The van der Waals surface area contributed by atoms with Gasteiger partial charge < -0.3 is 10.3 Å². The Morgan fingerprint density at radius 2 is 1.87 bits per heavy atom. The number of rotatable bonds is 3. The van der Waals surface area contributed by atoms with Crippen molar-refractivity contribution in [2.75, 3.05) is 5.32 Å². The van der Waals surface area contributed by atoms with Crippen LogP contribution in [0.5, 0.6) is 0 Å². The van der Waals surface area contributed by atoms with E-state index in [0.717, 1.165) is 22.5 Å². The molecule has 0 saturated carbocycles. The summed E-state index contributed by atoms with van der Waals surface area (Å²) in [7, 11) is 0. The van der Waals surface area contributed by atoms with Gasteiger partial charge in [-0.05, 0) is 35.2 Å². The topological polar surface area (TPSA) is 44.9 Å². The predicted octanol–water partition coefficient (Wildman–Crippen LogP) is 4.37. The van der Waals surface area contributed by atoms with Crippen LogP contribution in [0, 0.1) is 0 Å². The molecule has 0 radical (unpaired) electrons. The van der Waals surface area contributed by atoms with Crippen LogP contribution in [0.1, 0.15) is 11.1 Å². The molecule has 0 aliphatic heterocycles. The van der Waals surface area contributed by atoms with Gasteiger partial charge in [0, 0.05) is 11.7 Å². The van der Waals surface area contributed by atoms with Crippen molar-refractivity contribution < 1.29 is 18.0 Å². The molecule has 1 aromatic heterocycles. The van der Waals surface area contributed by atoms with Crippen molar-refractivity contribution in [1.29, 1.82) is 0 Å². The number of alkyl halides is 3. The normalized spacial score (nSPS) is 11.6. The van der Waals surface area contributed by atoms with Crippen LogP contribution in [0.2, 0.25) is 0 Å². The number of aromatic amines is 1. The summed E-state index contributed by atoms with van der Waals surface area (Å²) in [6.07, 6.45) is -2.72. The molecular formula is C17H13F3N2O. The third-order valence-corrected chi connectivity index (χ3v) is 3.49. The fourth-order valence-corrected chi connectivity index (χ4v) is 2.42. The fraction of sp³-hybridized carbons (Fsp3) is 0.118. The third-order valence-electron chi connectivity index (χ3n) is 3.49. The Morgan fingerprint density at radius 3 is 2.65 bits per heavy atom. The Labute approximate surface area is 130 Å². The number of carbonyl (C=O) groups is 1. The standard InChI is InChI=1S/C17H13F3N2O/c18-17(19,20)13-3-1-2-4-14(13)22-16(23)10-11-5-6-12-7-8-21-15(12)9-11/h1-9,21H,10H2,(H,22,23). The Morgan fingerprint density at radius 1 is 1.09 bits per heavy atom. The number of para-hydroxylation sites is 1. The zero-order valence-electron chi connectivity index (χ0n) is 11.9. The number of hydrogen-bond donors (Lipinski definition) is 2. The second-order valence-corrected chi connectivity index (χ2v) is 5.17. The molecule has 0 bridgehead atoms. The van der Waals surface area contributed by atoms with Crippen LogP contribution >= 0.6 is 0 Å². The van der Waals surface area contributed by atoms with E-state index >= 15 is 0 Å². The second-order valence-electron chi connectivity index (χ2n) is 5.17. The van der Waals surface area contributed by atoms with Crippen molar-refractivity contribution in [1.82, 2.24) is 4.98 Å². The lowest BCUT2D eigenvalue weighted by atomic mass is 10.1. The molecule has 2 aromatic carbocycles. The summed E-state index contributed by atoms with van der Waals surface area (Å²) in [5.41, 5.74) is 0.520. The summed E-state index contributed by atoms with van der Waals surface area (Å²) in [6, 6.07) is 12.3. The minimum absolute atomic E-state index is 0.00114. The second kappa shape index (κ2) is 5.79. The highest BCUT2D eigenvalue weighted by Crippen LogP contribution is 2.34. The number of amides is 1. The maximum Gasteiger partial charge on any atom is 0.418 e. The first-order valence-corrected chi connectivity index (χ1v) is 6.95. The molecule has 118 valence electrons. The Hall–Kier alpha value is -2.76. The first-order valence-electron chi connectivity index (χ1n) is 6.95. The minimum Gasteiger partial charge on any atom is -0.361 e. The number of carbonyl (C=O) groups excluding carboxylic acids is 1. The number of fused-ring (bicyclic) bond motifs is 1. The van der Waals surface area contributed by atoms with Crippen LogP contribution in [0.4, 0.5) is 18.9 Å². The van der Waals surface area contributed by atoms with Gasteiger partial charge in [0.05, 0.1) is 17.7 Å². The van der Waals surface area contributed by atoms with Gasteiger partial charge in [0.2, 0.25) is 5.91 Å². The summed E-state index contributed by atoms with van der Waals surface area (Å²) in [5, 5.41) is 3.35. The smallest absolute Gasteiger partial charge is 0.361 e. The highest BCUT2D eigenvalue weighted by atomic mass is 19.4. The van der Waals surface area contributed by atoms with Gasteiger partial charge in [-0.3, -0.25) is 4.79 Å². The molecule has 1 amide bonds. The van der Waals surface area contributed by atoms with Crippen molar-refractivity contribution in [2.45, 2.75) is 12.6 Å².